The molecule has 0 saturated carbocycles. The number of rotatable bonds is 4. The maximum atomic E-state index is 13.9. The number of carbonyl (C=O) groups is 1. The SMILES string of the molecule is O=C(OCc1c2ccccc2cc2ccccc12)N(C(C(F)(F)F)(C(F)(F)F)C(F)(F)F)C(C(F)(F)F)(C(F)(F)F)C(F)(F)F. The number of halogens is 18. The van der Waals surface area contributed by atoms with Crippen LogP contribution in [0.2, 0.25) is 0 Å². The summed E-state index contributed by atoms with van der Waals surface area (Å²) >= 11 is 0. The van der Waals surface area contributed by atoms with Gasteiger partial charge in [0.25, 0.3) is 0 Å². The first-order chi connectivity index (χ1) is 20.1. The Morgan fingerprint density at radius 2 is 0.800 bits per heavy atom. The molecule has 0 aliphatic heterocycles. The lowest BCUT2D eigenvalue weighted by molar-refractivity contribution is -0.481. The molecule has 0 saturated heterocycles. The third kappa shape index (κ3) is 5.30. The number of benzene rings is 3. The molecule has 0 aliphatic rings. The Bertz CT molecular complexity index is 1380. The van der Waals surface area contributed by atoms with Gasteiger partial charge in [0.1, 0.15) is 6.61 Å². The van der Waals surface area contributed by atoms with Gasteiger partial charge in [0.15, 0.2) is 0 Å². The summed E-state index contributed by atoms with van der Waals surface area (Å²) in [6.45, 7) is -2.01. The first-order valence-corrected chi connectivity index (χ1v) is 11.4. The molecule has 3 nitrogen and oxygen atoms in total. The standard InChI is InChI=1S/C24H11F18NO2/c25-19(26,27)17(20(28,29)30,21(31,32)33)43(18(22(34,35)36,23(37,38)39)24(40,41)42)16(44)45-10-15-13-7-3-1-5-11(13)9-12-6-2-4-8-14(12)15/h1-9H,10H2. The number of carbonyl (C=O) groups excluding carboxylic acids is 1. The van der Waals surface area contributed by atoms with Crippen LogP contribution in [-0.2, 0) is 11.3 Å². The summed E-state index contributed by atoms with van der Waals surface area (Å²) in [5, 5.41) is -0.273. The van der Waals surface area contributed by atoms with Crippen molar-refractivity contribution in [3.63, 3.8) is 0 Å². The van der Waals surface area contributed by atoms with Crippen molar-refractivity contribution >= 4 is 27.6 Å². The molecule has 0 aromatic heterocycles. The maximum absolute atomic E-state index is 13.9. The highest BCUT2D eigenvalue weighted by molar-refractivity contribution is 6.02. The Morgan fingerprint density at radius 3 is 1.09 bits per heavy atom. The van der Waals surface area contributed by atoms with Crippen LogP contribution in [0, 0.1) is 0 Å². The van der Waals surface area contributed by atoms with Crippen molar-refractivity contribution in [2.24, 2.45) is 0 Å². The van der Waals surface area contributed by atoms with E-state index in [2.05, 4.69) is 4.74 Å². The van der Waals surface area contributed by atoms with Crippen molar-refractivity contribution in [1.82, 2.24) is 4.90 Å². The van der Waals surface area contributed by atoms with Crippen LogP contribution in [0.25, 0.3) is 21.5 Å². The molecule has 0 aliphatic carbocycles. The molecule has 3 aromatic rings. The fraction of sp³-hybridized carbons (Fsp3) is 0.375. The Morgan fingerprint density at radius 1 is 0.511 bits per heavy atom. The lowest BCUT2D eigenvalue weighted by Gasteiger charge is -2.53. The average molecular weight is 687 g/mol. The van der Waals surface area contributed by atoms with E-state index in [-0.39, 0.29) is 21.5 Å². The second-order valence-corrected chi connectivity index (χ2v) is 9.09. The molecule has 1 amide bonds. The second kappa shape index (κ2) is 10.6. The number of fused-ring (bicyclic) bond motifs is 2. The van der Waals surface area contributed by atoms with Gasteiger partial charge in [-0.2, -0.15) is 79.0 Å². The fourth-order valence-corrected chi connectivity index (χ4v) is 4.71. The molecule has 0 spiro atoms. The molecule has 0 bridgehead atoms. The third-order valence-corrected chi connectivity index (χ3v) is 6.54. The molecule has 21 heteroatoms. The van der Waals surface area contributed by atoms with Gasteiger partial charge in [-0.3, -0.25) is 0 Å². The van der Waals surface area contributed by atoms with Crippen LogP contribution in [0.1, 0.15) is 5.56 Å². The molecule has 3 rings (SSSR count). The Kier molecular flexibility index (Phi) is 8.43. The molecule has 0 heterocycles. The zero-order valence-electron chi connectivity index (χ0n) is 21.0. The zero-order chi connectivity index (χ0) is 34.8. The highest BCUT2D eigenvalue weighted by Crippen LogP contribution is 2.65. The van der Waals surface area contributed by atoms with E-state index in [1.165, 1.54) is 42.5 Å². The van der Waals surface area contributed by atoms with Gasteiger partial charge in [-0.15, -0.1) is 0 Å². The van der Waals surface area contributed by atoms with E-state index in [0.717, 1.165) is 12.1 Å². The normalized spacial score (nSPS) is 14.6. The van der Waals surface area contributed by atoms with Crippen LogP contribution in [-0.4, -0.2) is 59.1 Å². The Balaban J connectivity index is 2.51. The molecular weight excluding hydrogens is 676 g/mol. The molecule has 250 valence electrons. The van der Waals surface area contributed by atoms with E-state index in [9.17, 15) is 83.8 Å². The molecule has 0 unspecified atom stereocenters. The maximum Gasteiger partial charge on any atom is 0.430 e. The number of hydrogen-bond donors (Lipinski definition) is 0. The van der Waals surface area contributed by atoms with E-state index >= 15 is 0 Å². The summed E-state index contributed by atoms with van der Waals surface area (Å²) < 4.78 is 253. The van der Waals surface area contributed by atoms with Gasteiger partial charge in [0.05, 0.1) is 0 Å². The van der Waals surface area contributed by atoms with Crippen LogP contribution >= 0.6 is 0 Å². The van der Waals surface area contributed by atoms with Crippen molar-refractivity contribution in [1.29, 1.82) is 0 Å². The second-order valence-electron chi connectivity index (χ2n) is 9.09. The van der Waals surface area contributed by atoms with Gasteiger partial charge in [-0.05, 0) is 27.6 Å². The number of hydrogen-bond acceptors (Lipinski definition) is 2. The topological polar surface area (TPSA) is 29.5 Å². The molecule has 0 fully saturated rings. The van der Waals surface area contributed by atoms with Gasteiger partial charge in [-0.25, -0.2) is 9.69 Å². The largest absolute Gasteiger partial charge is 0.444 e. The summed E-state index contributed by atoms with van der Waals surface area (Å²) in [4.78, 5) is 8.23. The van der Waals surface area contributed by atoms with E-state index in [1.54, 1.807) is 0 Å². The predicted octanol–water partition coefficient (Wildman–Crippen LogP) is 9.78. The minimum atomic E-state index is -8.80. The highest BCUT2D eigenvalue weighted by atomic mass is 19.4. The summed E-state index contributed by atoms with van der Waals surface area (Å²) in [7, 11) is 0. The first kappa shape index (κ1) is 35.7. The quantitative estimate of drug-likeness (QED) is 0.202. The van der Waals surface area contributed by atoms with Crippen molar-refractivity contribution in [3.05, 3.63) is 60.2 Å². The van der Waals surface area contributed by atoms with Crippen LogP contribution in [0.3, 0.4) is 0 Å². The van der Waals surface area contributed by atoms with Crippen molar-refractivity contribution < 1.29 is 88.6 Å². The van der Waals surface area contributed by atoms with Crippen LogP contribution in [0.15, 0.2) is 54.6 Å². The summed E-state index contributed by atoms with van der Waals surface area (Å²) in [5.41, 5.74) is -18.2. The summed E-state index contributed by atoms with van der Waals surface area (Å²) in [6, 6.07) is 11.0. The minimum Gasteiger partial charge on any atom is -0.444 e. The lowest BCUT2D eigenvalue weighted by atomic mass is 9.84. The smallest absolute Gasteiger partial charge is 0.430 e. The Hall–Kier alpha value is -3.81. The van der Waals surface area contributed by atoms with Crippen molar-refractivity contribution in [2.45, 2.75) is 54.7 Å². The number of alkyl halides is 18. The first-order valence-electron chi connectivity index (χ1n) is 11.4. The minimum absolute atomic E-state index is 0.0737. The number of ether oxygens (including phenoxy) is 1. The van der Waals surface area contributed by atoms with Crippen LogP contribution < -0.4 is 0 Å². The van der Waals surface area contributed by atoms with Gasteiger partial charge in [0, 0.05) is 5.56 Å². The number of amides is 1. The molecule has 0 atom stereocenters. The summed E-state index contributed by atoms with van der Waals surface area (Å²) in [5.74, 6) is 0. The van der Waals surface area contributed by atoms with Gasteiger partial charge < -0.3 is 4.74 Å². The van der Waals surface area contributed by atoms with Crippen molar-refractivity contribution in [3.8, 4) is 0 Å². The monoisotopic (exact) mass is 687 g/mol. The van der Waals surface area contributed by atoms with E-state index in [0.29, 0.717) is 0 Å². The third-order valence-electron chi connectivity index (χ3n) is 6.54. The lowest BCUT2D eigenvalue weighted by Crippen LogP contribution is -2.87. The fourth-order valence-electron chi connectivity index (χ4n) is 4.71. The van der Waals surface area contributed by atoms with E-state index in [1.807, 2.05) is 0 Å². The van der Waals surface area contributed by atoms with Gasteiger partial charge in [-0.1, -0.05) is 48.5 Å². The zero-order valence-corrected chi connectivity index (χ0v) is 21.0. The molecular formula is C24H11F18NO2. The van der Waals surface area contributed by atoms with Crippen LogP contribution in [0.5, 0.6) is 0 Å². The highest BCUT2D eigenvalue weighted by Gasteiger charge is 2.98. The molecule has 0 N–H and O–H groups in total. The van der Waals surface area contributed by atoms with Crippen molar-refractivity contribution in [2.75, 3.05) is 0 Å². The predicted molar refractivity (Wildman–Crippen MR) is 115 cm³/mol. The molecule has 45 heavy (non-hydrogen) atoms. The van der Waals surface area contributed by atoms with Gasteiger partial charge >= 0.3 is 54.2 Å². The molecule has 3 aromatic carbocycles. The summed E-state index contributed by atoms with van der Waals surface area (Å²) in [6.07, 6.45) is -56.0. The van der Waals surface area contributed by atoms with E-state index < -0.39 is 71.3 Å². The molecule has 0 radical (unpaired) electrons. The van der Waals surface area contributed by atoms with Gasteiger partial charge in [0.2, 0.25) is 0 Å². The average Bonchev–Trinajstić information content (AvgIpc) is 2.81. The Labute approximate surface area is 236 Å². The van der Waals surface area contributed by atoms with Crippen LogP contribution in [0.4, 0.5) is 83.8 Å². The number of nitrogens with zero attached hydrogens (tertiary/aromatic N) is 1. The van der Waals surface area contributed by atoms with E-state index in [4.69, 9.17) is 0 Å².